The van der Waals surface area contributed by atoms with Crippen LogP contribution in [0.4, 0.5) is 0 Å². The molecule has 0 N–H and O–H groups in total. The number of rotatable bonds is 4. The molecular formula is C10H11NO5. The summed E-state index contributed by atoms with van der Waals surface area (Å²) in [5, 5.41) is 0. The Morgan fingerprint density at radius 3 is 2.56 bits per heavy atom. The zero-order chi connectivity index (χ0) is 12.2. The van der Waals surface area contributed by atoms with Gasteiger partial charge in [-0.25, -0.2) is 4.98 Å². The van der Waals surface area contributed by atoms with Crippen molar-refractivity contribution in [3.8, 4) is 5.88 Å². The van der Waals surface area contributed by atoms with Gasteiger partial charge in [0.05, 0.1) is 0 Å². The summed E-state index contributed by atoms with van der Waals surface area (Å²) in [7, 11) is 0. The number of carbonyl (C=O) groups excluding carboxylic acids is 3. The molecule has 0 aliphatic heterocycles. The van der Waals surface area contributed by atoms with Crippen molar-refractivity contribution in [2.75, 3.05) is 13.2 Å². The minimum atomic E-state index is -0.301. The van der Waals surface area contributed by atoms with Crippen LogP contribution in [0.5, 0.6) is 5.88 Å². The van der Waals surface area contributed by atoms with Gasteiger partial charge in [0, 0.05) is 19.2 Å². The highest BCUT2D eigenvalue weighted by atomic mass is 16.6. The lowest BCUT2D eigenvalue weighted by atomic mass is 10.5. The van der Waals surface area contributed by atoms with Crippen LogP contribution in [0.2, 0.25) is 0 Å². The topological polar surface area (TPSA) is 82.6 Å². The molecule has 0 spiro atoms. The minimum absolute atomic E-state index is 0.250. The summed E-state index contributed by atoms with van der Waals surface area (Å²) in [6.07, 6.45) is 1.89. The van der Waals surface area contributed by atoms with Gasteiger partial charge in [0.1, 0.15) is 13.2 Å². The third-order valence-corrected chi connectivity index (χ3v) is 1.28. The first-order valence-corrected chi connectivity index (χ1v) is 4.37. The molecule has 0 saturated heterocycles. The van der Waals surface area contributed by atoms with E-state index in [1.807, 2.05) is 6.07 Å². The quantitative estimate of drug-likeness (QED) is 0.546. The first kappa shape index (κ1) is 13.8. The van der Waals surface area contributed by atoms with Gasteiger partial charge in [-0.2, -0.15) is 9.59 Å². The predicted molar refractivity (Wildman–Crippen MR) is 51.4 cm³/mol. The molecule has 0 radical (unpaired) electrons. The fourth-order valence-electron chi connectivity index (χ4n) is 0.764. The van der Waals surface area contributed by atoms with Gasteiger partial charge >= 0.3 is 12.1 Å². The molecule has 6 heteroatoms. The highest BCUT2D eigenvalue weighted by molar-refractivity contribution is 5.65. The Hall–Kier alpha value is -2.20. The molecule has 0 amide bonds. The molecule has 1 heterocycles. The first-order chi connectivity index (χ1) is 7.70. The average Bonchev–Trinajstić information content (AvgIpc) is 2.27. The van der Waals surface area contributed by atoms with E-state index in [9.17, 15) is 4.79 Å². The number of hydrogen-bond acceptors (Lipinski definition) is 6. The number of nitrogens with zero attached hydrogens (tertiary/aromatic N) is 1. The monoisotopic (exact) mass is 225 g/mol. The maximum absolute atomic E-state index is 10.4. The molecule has 16 heavy (non-hydrogen) atoms. The van der Waals surface area contributed by atoms with E-state index in [1.165, 1.54) is 6.92 Å². The van der Waals surface area contributed by atoms with Gasteiger partial charge < -0.3 is 9.47 Å². The van der Waals surface area contributed by atoms with Gasteiger partial charge in [-0.15, -0.1) is 0 Å². The van der Waals surface area contributed by atoms with E-state index in [1.54, 1.807) is 18.3 Å². The summed E-state index contributed by atoms with van der Waals surface area (Å²) in [5.41, 5.74) is 0. The van der Waals surface area contributed by atoms with Gasteiger partial charge in [-0.3, -0.25) is 4.79 Å². The van der Waals surface area contributed by atoms with Crippen molar-refractivity contribution in [3.63, 3.8) is 0 Å². The van der Waals surface area contributed by atoms with Crippen LogP contribution in [0.15, 0.2) is 24.4 Å². The summed E-state index contributed by atoms with van der Waals surface area (Å²) < 4.78 is 9.84. The zero-order valence-electron chi connectivity index (χ0n) is 8.71. The summed E-state index contributed by atoms with van der Waals surface area (Å²) in [6, 6.07) is 5.38. The highest BCUT2D eigenvalue weighted by Gasteiger charge is 1.94. The normalized spacial score (nSPS) is 8.06. The number of aromatic nitrogens is 1. The maximum Gasteiger partial charge on any atom is 0.373 e. The molecule has 1 rings (SSSR count). The van der Waals surface area contributed by atoms with Crippen molar-refractivity contribution < 1.29 is 23.9 Å². The molecule has 0 bridgehead atoms. The van der Waals surface area contributed by atoms with Crippen LogP contribution in [0.25, 0.3) is 0 Å². The lowest BCUT2D eigenvalue weighted by Crippen LogP contribution is -2.09. The van der Waals surface area contributed by atoms with E-state index >= 15 is 0 Å². The second-order valence-corrected chi connectivity index (χ2v) is 2.44. The Labute approximate surface area is 92.2 Å². The van der Waals surface area contributed by atoms with E-state index in [2.05, 4.69) is 9.72 Å². The molecule has 0 unspecified atom stereocenters. The molecule has 0 aliphatic rings. The fraction of sp³-hybridized carbons (Fsp3) is 0.300. The van der Waals surface area contributed by atoms with Crippen LogP contribution in [-0.2, 0) is 19.1 Å². The van der Waals surface area contributed by atoms with Gasteiger partial charge in [-0.1, -0.05) is 6.07 Å². The SMILES string of the molecule is CC(=O)OCCOc1ccccn1.O=C=O. The second-order valence-electron chi connectivity index (χ2n) is 2.44. The van der Waals surface area contributed by atoms with Crippen molar-refractivity contribution in [2.24, 2.45) is 0 Å². The van der Waals surface area contributed by atoms with E-state index < -0.39 is 0 Å². The summed E-state index contributed by atoms with van der Waals surface area (Å²) >= 11 is 0. The lowest BCUT2D eigenvalue weighted by Gasteiger charge is -2.04. The number of esters is 1. The zero-order valence-corrected chi connectivity index (χ0v) is 8.71. The average molecular weight is 225 g/mol. The lowest BCUT2D eigenvalue weighted by molar-refractivity contribution is -0.191. The third-order valence-electron chi connectivity index (χ3n) is 1.28. The molecule has 0 aliphatic carbocycles. The van der Waals surface area contributed by atoms with Crippen molar-refractivity contribution in [3.05, 3.63) is 24.4 Å². The van der Waals surface area contributed by atoms with E-state index in [0.29, 0.717) is 12.5 Å². The van der Waals surface area contributed by atoms with Crippen LogP contribution in [-0.4, -0.2) is 30.3 Å². The molecular weight excluding hydrogens is 214 g/mol. The first-order valence-electron chi connectivity index (χ1n) is 4.37. The number of pyridine rings is 1. The maximum atomic E-state index is 10.4. The van der Waals surface area contributed by atoms with Gasteiger partial charge in [-0.05, 0) is 6.07 Å². The molecule has 1 aromatic rings. The van der Waals surface area contributed by atoms with Gasteiger partial charge in [0.25, 0.3) is 0 Å². The Bertz CT molecular complexity index is 332. The van der Waals surface area contributed by atoms with Crippen LogP contribution < -0.4 is 4.74 Å². The summed E-state index contributed by atoms with van der Waals surface area (Å²) in [6.45, 7) is 1.95. The molecule has 1 aromatic heterocycles. The molecule has 6 nitrogen and oxygen atoms in total. The molecule has 0 fully saturated rings. The number of carbonyl (C=O) groups is 1. The Morgan fingerprint density at radius 1 is 1.38 bits per heavy atom. The minimum Gasteiger partial charge on any atom is -0.474 e. The summed E-state index contributed by atoms with van der Waals surface area (Å²) in [5.74, 6) is 0.235. The van der Waals surface area contributed by atoms with Crippen LogP contribution in [0.3, 0.4) is 0 Å². The van der Waals surface area contributed by atoms with Crippen molar-refractivity contribution in [1.29, 1.82) is 0 Å². The predicted octanol–water partition coefficient (Wildman–Crippen LogP) is 0.440. The van der Waals surface area contributed by atoms with Gasteiger partial charge in [0.15, 0.2) is 0 Å². The third kappa shape index (κ3) is 8.40. The van der Waals surface area contributed by atoms with E-state index in [0.717, 1.165) is 0 Å². The standard InChI is InChI=1S/C9H11NO3.CO2/c1-8(11)12-6-7-13-9-4-2-3-5-10-9;2-1-3/h2-5H,6-7H2,1H3;. The van der Waals surface area contributed by atoms with Crippen LogP contribution >= 0.6 is 0 Å². The molecule has 0 saturated carbocycles. The van der Waals surface area contributed by atoms with Crippen LogP contribution in [0, 0.1) is 0 Å². The fourth-order valence-corrected chi connectivity index (χ4v) is 0.764. The Balaban J connectivity index is 0.000000673. The second kappa shape index (κ2) is 9.36. The summed E-state index contributed by atoms with van der Waals surface area (Å²) in [4.78, 5) is 30.5. The molecule has 0 aromatic carbocycles. The van der Waals surface area contributed by atoms with Crippen molar-refractivity contribution in [1.82, 2.24) is 4.98 Å². The van der Waals surface area contributed by atoms with E-state index in [-0.39, 0.29) is 18.7 Å². The smallest absolute Gasteiger partial charge is 0.373 e. The van der Waals surface area contributed by atoms with E-state index in [4.69, 9.17) is 14.3 Å². The molecule has 0 atom stereocenters. The van der Waals surface area contributed by atoms with Crippen LogP contribution in [0.1, 0.15) is 6.92 Å². The molecule has 86 valence electrons. The number of hydrogen-bond donors (Lipinski definition) is 0. The Morgan fingerprint density at radius 2 is 2.06 bits per heavy atom. The van der Waals surface area contributed by atoms with Crippen molar-refractivity contribution in [2.45, 2.75) is 6.92 Å². The highest BCUT2D eigenvalue weighted by Crippen LogP contribution is 2.02. The number of ether oxygens (including phenoxy) is 2. The largest absolute Gasteiger partial charge is 0.474 e. The Kier molecular flexibility index (Phi) is 8.07. The van der Waals surface area contributed by atoms with Crippen molar-refractivity contribution >= 4 is 12.1 Å². The van der Waals surface area contributed by atoms with Gasteiger partial charge in [0.2, 0.25) is 5.88 Å².